The van der Waals surface area contributed by atoms with E-state index in [9.17, 15) is 13.4 Å². The van der Waals surface area contributed by atoms with Crippen LogP contribution in [0.25, 0.3) is 0 Å². The Hall–Kier alpha value is -1.27. The van der Waals surface area contributed by atoms with Crippen molar-refractivity contribution in [3.8, 4) is 0 Å². The normalized spacial score (nSPS) is 12.2. The van der Waals surface area contributed by atoms with Gasteiger partial charge in [0, 0.05) is 5.56 Å². The highest BCUT2D eigenvalue weighted by molar-refractivity contribution is 7.78. The fourth-order valence-corrected chi connectivity index (χ4v) is 2.27. The van der Waals surface area contributed by atoms with Gasteiger partial charge < -0.3 is 9.29 Å². The number of carbonyl (C=O) groups excluding carboxylic acids is 1. The minimum atomic E-state index is -2.16. The minimum Gasteiger partial charge on any atom is -0.465 e. The van der Waals surface area contributed by atoms with Gasteiger partial charge in [-0.2, -0.15) is 0 Å². The monoisotopic (exact) mass is 274 g/mol. The average molecular weight is 274 g/mol. The van der Waals surface area contributed by atoms with E-state index in [1.54, 1.807) is 6.07 Å². The maximum Gasteiger partial charge on any atom is 0.340 e. The topological polar surface area (TPSA) is 63.6 Å². The zero-order valence-corrected chi connectivity index (χ0v) is 11.1. The molecule has 0 heterocycles. The van der Waals surface area contributed by atoms with Crippen LogP contribution in [0.5, 0.6) is 0 Å². The van der Waals surface area contributed by atoms with Crippen LogP contribution < -0.4 is 0 Å². The Morgan fingerprint density at radius 1 is 1.50 bits per heavy atom. The highest BCUT2D eigenvalue weighted by Crippen LogP contribution is 2.21. The van der Waals surface area contributed by atoms with E-state index < -0.39 is 22.9 Å². The lowest BCUT2D eigenvalue weighted by atomic mass is 10.0. The summed E-state index contributed by atoms with van der Waals surface area (Å²) in [4.78, 5) is 11.3. The van der Waals surface area contributed by atoms with Crippen LogP contribution in [0.15, 0.2) is 12.1 Å². The first-order chi connectivity index (χ1) is 8.51. The van der Waals surface area contributed by atoms with Gasteiger partial charge in [-0.25, -0.2) is 13.4 Å². The van der Waals surface area contributed by atoms with Crippen LogP contribution in [0.3, 0.4) is 0 Å². The number of halogens is 1. The van der Waals surface area contributed by atoms with Gasteiger partial charge in [0.1, 0.15) is 5.82 Å². The van der Waals surface area contributed by atoms with E-state index in [2.05, 4.69) is 4.74 Å². The number of ether oxygens (including phenoxy) is 1. The summed E-state index contributed by atoms with van der Waals surface area (Å²) in [5.41, 5.74) is 0.545. The summed E-state index contributed by atoms with van der Waals surface area (Å²) in [6.45, 7) is 1.92. The van der Waals surface area contributed by atoms with Gasteiger partial charge in [-0.3, -0.25) is 0 Å². The van der Waals surface area contributed by atoms with Gasteiger partial charge >= 0.3 is 5.97 Å². The molecule has 18 heavy (non-hydrogen) atoms. The third-order valence-electron chi connectivity index (χ3n) is 2.53. The maximum absolute atomic E-state index is 14.1. The number of hydrogen-bond donors (Lipinski definition) is 1. The summed E-state index contributed by atoms with van der Waals surface area (Å²) in [6.07, 6.45) is 1.37. The van der Waals surface area contributed by atoms with Crippen molar-refractivity contribution < 1.29 is 22.7 Å². The van der Waals surface area contributed by atoms with Crippen molar-refractivity contribution in [2.75, 3.05) is 7.11 Å². The molecule has 1 atom stereocenters. The van der Waals surface area contributed by atoms with Gasteiger partial charge in [0.05, 0.1) is 18.4 Å². The van der Waals surface area contributed by atoms with Crippen molar-refractivity contribution in [1.29, 1.82) is 0 Å². The molecular weight excluding hydrogens is 259 g/mol. The largest absolute Gasteiger partial charge is 0.465 e. The molecule has 6 heteroatoms. The summed E-state index contributed by atoms with van der Waals surface area (Å²) < 4.78 is 38.3. The van der Waals surface area contributed by atoms with Crippen molar-refractivity contribution >= 4 is 17.0 Å². The Morgan fingerprint density at radius 3 is 2.67 bits per heavy atom. The van der Waals surface area contributed by atoms with E-state index in [0.29, 0.717) is 12.0 Å². The van der Waals surface area contributed by atoms with Gasteiger partial charge in [-0.15, -0.1) is 0 Å². The number of rotatable bonds is 5. The third-order valence-corrected chi connectivity index (χ3v) is 3.07. The minimum absolute atomic E-state index is 0.112. The molecule has 0 radical (unpaired) electrons. The second kappa shape index (κ2) is 6.61. The first kappa shape index (κ1) is 14.8. The lowest BCUT2D eigenvalue weighted by molar-refractivity contribution is 0.0595. The number of aryl methyl sites for hydroxylation is 1. The average Bonchev–Trinajstić information content (AvgIpc) is 2.33. The highest BCUT2D eigenvalue weighted by atomic mass is 32.2. The van der Waals surface area contributed by atoms with Crippen molar-refractivity contribution in [1.82, 2.24) is 0 Å². The SMILES string of the molecule is CCCc1ccc(C(=O)OC)c(F)c1CS(=O)O. The molecular formula is C12H15FO4S. The molecule has 1 N–H and O–H groups in total. The molecule has 0 saturated carbocycles. The number of carbonyl (C=O) groups is 1. The van der Waals surface area contributed by atoms with Crippen molar-refractivity contribution in [3.63, 3.8) is 0 Å². The lowest BCUT2D eigenvalue weighted by Crippen LogP contribution is -2.10. The number of benzene rings is 1. The molecule has 0 fully saturated rings. The molecule has 100 valence electrons. The molecule has 0 aliphatic rings. The number of methoxy groups -OCH3 is 1. The zero-order chi connectivity index (χ0) is 13.7. The van der Waals surface area contributed by atoms with Crippen LogP contribution in [0.2, 0.25) is 0 Å². The van der Waals surface area contributed by atoms with Crippen LogP contribution in [0.1, 0.15) is 34.8 Å². The Morgan fingerprint density at radius 2 is 2.17 bits per heavy atom. The summed E-state index contributed by atoms with van der Waals surface area (Å²) in [5.74, 6) is -1.89. The molecule has 1 aromatic rings. The molecule has 0 spiro atoms. The molecule has 0 bridgehead atoms. The van der Waals surface area contributed by atoms with E-state index in [4.69, 9.17) is 4.55 Å². The Bertz CT molecular complexity index is 473. The number of hydrogen-bond acceptors (Lipinski definition) is 3. The quantitative estimate of drug-likeness (QED) is 0.661. The van der Waals surface area contributed by atoms with Gasteiger partial charge in [0.2, 0.25) is 0 Å². The molecule has 1 rings (SSSR count). The Labute approximate surface area is 107 Å². The first-order valence-corrected chi connectivity index (χ1v) is 6.74. The summed E-state index contributed by atoms with van der Waals surface area (Å²) in [6, 6.07) is 2.94. The fourth-order valence-electron chi connectivity index (χ4n) is 1.71. The van der Waals surface area contributed by atoms with E-state index >= 15 is 0 Å². The second-order valence-electron chi connectivity index (χ2n) is 3.77. The Balaban J connectivity index is 3.29. The standard InChI is InChI=1S/C12H15FO4S/c1-3-4-8-5-6-9(12(14)17-2)11(13)10(8)7-18(15)16/h5-6H,3-4,7H2,1-2H3,(H,15,16). The second-order valence-corrected chi connectivity index (χ2v) is 4.70. The summed E-state index contributed by atoms with van der Waals surface area (Å²) in [7, 11) is 1.16. The fraction of sp³-hybridized carbons (Fsp3) is 0.417. The third kappa shape index (κ3) is 3.36. The van der Waals surface area contributed by atoms with Crippen LogP contribution in [0, 0.1) is 5.82 Å². The van der Waals surface area contributed by atoms with Crippen molar-refractivity contribution in [3.05, 3.63) is 34.6 Å². The molecule has 0 aromatic heterocycles. The molecule has 0 aliphatic heterocycles. The molecule has 0 saturated heterocycles. The van der Waals surface area contributed by atoms with E-state index in [1.165, 1.54) is 6.07 Å². The van der Waals surface area contributed by atoms with Gasteiger partial charge in [-0.05, 0) is 18.1 Å². The van der Waals surface area contributed by atoms with Gasteiger partial charge in [-0.1, -0.05) is 19.4 Å². The summed E-state index contributed by atoms with van der Waals surface area (Å²) >= 11 is -2.16. The van der Waals surface area contributed by atoms with Gasteiger partial charge in [0.15, 0.2) is 11.1 Å². The lowest BCUT2D eigenvalue weighted by Gasteiger charge is -2.11. The van der Waals surface area contributed by atoms with E-state index in [-0.39, 0.29) is 16.9 Å². The van der Waals surface area contributed by atoms with E-state index in [1.807, 2.05) is 6.92 Å². The van der Waals surface area contributed by atoms with Gasteiger partial charge in [0.25, 0.3) is 0 Å². The molecule has 1 aromatic carbocycles. The molecule has 4 nitrogen and oxygen atoms in total. The predicted molar refractivity (Wildman–Crippen MR) is 66.2 cm³/mol. The maximum atomic E-state index is 14.1. The molecule has 1 unspecified atom stereocenters. The Kier molecular flexibility index (Phi) is 5.43. The highest BCUT2D eigenvalue weighted by Gasteiger charge is 2.19. The van der Waals surface area contributed by atoms with Crippen molar-refractivity contribution in [2.45, 2.75) is 25.5 Å². The zero-order valence-electron chi connectivity index (χ0n) is 10.2. The van der Waals surface area contributed by atoms with Crippen LogP contribution in [0.4, 0.5) is 4.39 Å². The van der Waals surface area contributed by atoms with Crippen LogP contribution in [-0.4, -0.2) is 21.8 Å². The van der Waals surface area contributed by atoms with E-state index in [0.717, 1.165) is 13.5 Å². The van der Waals surface area contributed by atoms with Crippen LogP contribution in [-0.2, 0) is 28.0 Å². The first-order valence-electron chi connectivity index (χ1n) is 5.47. The summed E-state index contributed by atoms with van der Waals surface area (Å²) in [5, 5.41) is 0. The predicted octanol–water partition coefficient (Wildman–Crippen LogP) is 2.29. The smallest absolute Gasteiger partial charge is 0.340 e. The number of esters is 1. The van der Waals surface area contributed by atoms with Crippen LogP contribution >= 0.6 is 0 Å². The molecule has 0 amide bonds. The van der Waals surface area contributed by atoms with Crippen molar-refractivity contribution in [2.24, 2.45) is 0 Å². The molecule has 0 aliphatic carbocycles.